The largest absolute Gasteiger partial charge is 0.330 e. The molecule has 4 rings (SSSR count). The summed E-state index contributed by atoms with van der Waals surface area (Å²) in [6.45, 7) is 4.58. The third-order valence-corrected chi connectivity index (χ3v) is 5.23. The molecule has 6 heteroatoms. The summed E-state index contributed by atoms with van der Waals surface area (Å²) < 4.78 is 0. The molecule has 1 fully saturated rings. The summed E-state index contributed by atoms with van der Waals surface area (Å²) in [7, 11) is 0. The van der Waals surface area contributed by atoms with Crippen LogP contribution in [0.3, 0.4) is 0 Å². The van der Waals surface area contributed by atoms with Gasteiger partial charge in [-0.25, -0.2) is 0 Å². The summed E-state index contributed by atoms with van der Waals surface area (Å²) in [6.07, 6.45) is 4.18. The first-order valence-corrected chi connectivity index (χ1v) is 8.88. The van der Waals surface area contributed by atoms with Crippen molar-refractivity contribution in [3.8, 4) is 0 Å². The molecular weight excluding hydrogens is 336 g/mol. The molecular formula is C19H25ClN4O. The minimum atomic E-state index is 0. The molecule has 2 aromatic rings. The quantitative estimate of drug-likeness (QED) is 0.864. The molecule has 1 amide bonds. The van der Waals surface area contributed by atoms with Crippen LogP contribution in [0.5, 0.6) is 0 Å². The number of nitrogens with zero attached hydrogens (tertiary/aromatic N) is 2. The molecule has 2 aliphatic heterocycles. The van der Waals surface area contributed by atoms with Crippen molar-refractivity contribution in [1.82, 2.24) is 20.4 Å². The van der Waals surface area contributed by atoms with Crippen molar-refractivity contribution in [1.29, 1.82) is 0 Å². The molecule has 0 aliphatic carbocycles. The second kappa shape index (κ2) is 7.58. The van der Waals surface area contributed by atoms with Gasteiger partial charge in [0.1, 0.15) is 0 Å². The maximum absolute atomic E-state index is 13.2. The Balaban J connectivity index is 0.00000182. The molecule has 1 aromatic carbocycles. The topological polar surface area (TPSA) is 61.0 Å². The van der Waals surface area contributed by atoms with Crippen molar-refractivity contribution in [3.63, 3.8) is 0 Å². The van der Waals surface area contributed by atoms with E-state index in [1.165, 1.54) is 17.5 Å². The Hall–Kier alpha value is -1.85. The van der Waals surface area contributed by atoms with E-state index in [9.17, 15) is 4.79 Å². The van der Waals surface area contributed by atoms with Gasteiger partial charge in [0.2, 0.25) is 0 Å². The van der Waals surface area contributed by atoms with Crippen LogP contribution in [-0.2, 0) is 13.0 Å². The summed E-state index contributed by atoms with van der Waals surface area (Å²) in [4.78, 5) is 15.2. The first kappa shape index (κ1) is 18.0. The molecule has 3 heterocycles. The fraction of sp³-hybridized carbons (Fsp3) is 0.474. The summed E-state index contributed by atoms with van der Waals surface area (Å²) in [5, 5.41) is 10.8. The zero-order valence-corrected chi connectivity index (χ0v) is 15.4. The van der Waals surface area contributed by atoms with Crippen LogP contribution in [0.2, 0.25) is 0 Å². The lowest BCUT2D eigenvalue weighted by atomic mass is 9.94. The van der Waals surface area contributed by atoms with E-state index in [0.29, 0.717) is 5.69 Å². The number of nitrogens with one attached hydrogen (secondary N) is 2. The molecule has 5 nitrogen and oxygen atoms in total. The normalized spacial score (nSPS) is 19.9. The van der Waals surface area contributed by atoms with Crippen molar-refractivity contribution in [3.05, 3.63) is 52.3 Å². The number of halogens is 1. The molecule has 2 aliphatic rings. The van der Waals surface area contributed by atoms with Gasteiger partial charge in [-0.3, -0.25) is 9.89 Å². The highest BCUT2D eigenvalue weighted by molar-refractivity contribution is 5.94. The average molecular weight is 361 g/mol. The van der Waals surface area contributed by atoms with Gasteiger partial charge >= 0.3 is 0 Å². The van der Waals surface area contributed by atoms with E-state index in [1.807, 2.05) is 4.90 Å². The first-order valence-electron chi connectivity index (χ1n) is 8.88. The van der Waals surface area contributed by atoms with Gasteiger partial charge in [0.05, 0.1) is 6.04 Å². The van der Waals surface area contributed by atoms with Gasteiger partial charge in [0.25, 0.3) is 5.91 Å². The molecule has 2 N–H and O–H groups in total. The Morgan fingerprint density at radius 1 is 1.24 bits per heavy atom. The van der Waals surface area contributed by atoms with Crippen LogP contribution in [0, 0.1) is 6.92 Å². The Labute approximate surface area is 154 Å². The lowest BCUT2D eigenvalue weighted by Crippen LogP contribution is -2.39. The lowest BCUT2D eigenvalue weighted by molar-refractivity contribution is 0.0604. The summed E-state index contributed by atoms with van der Waals surface area (Å²) in [5.74, 6) is 0.0708. The number of benzene rings is 1. The fourth-order valence-electron chi connectivity index (χ4n) is 3.85. The van der Waals surface area contributed by atoms with E-state index in [2.05, 4.69) is 46.7 Å². The van der Waals surface area contributed by atoms with Gasteiger partial charge in [-0.15, -0.1) is 12.4 Å². The Morgan fingerprint density at radius 3 is 2.84 bits per heavy atom. The van der Waals surface area contributed by atoms with E-state index >= 15 is 0 Å². The van der Waals surface area contributed by atoms with E-state index in [0.717, 1.165) is 50.2 Å². The number of amides is 1. The number of carbonyl (C=O) groups excluding carboxylic acids is 1. The molecule has 1 saturated heterocycles. The van der Waals surface area contributed by atoms with Crippen LogP contribution in [0.15, 0.2) is 24.3 Å². The van der Waals surface area contributed by atoms with Crippen molar-refractivity contribution in [2.45, 2.75) is 45.2 Å². The smallest absolute Gasteiger partial charge is 0.275 e. The minimum absolute atomic E-state index is 0. The minimum Gasteiger partial charge on any atom is -0.330 e. The number of fused-ring (bicyclic) bond motifs is 1. The average Bonchev–Trinajstić information content (AvgIpc) is 3.06. The van der Waals surface area contributed by atoms with Gasteiger partial charge in [-0.05, 0) is 31.7 Å². The molecule has 0 radical (unpaired) electrons. The Kier molecular flexibility index (Phi) is 5.45. The zero-order chi connectivity index (χ0) is 16.5. The number of rotatable bonds is 2. The van der Waals surface area contributed by atoms with E-state index < -0.39 is 0 Å². The predicted molar refractivity (Wildman–Crippen MR) is 100 cm³/mol. The van der Waals surface area contributed by atoms with Gasteiger partial charge < -0.3 is 10.2 Å². The number of aryl methyl sites for hydroxylation is 1. The molecule has 1 atom stereocenters. The van der Waals surface area contributed by atoms with E-state index in [4.69, 9.17) is 0 Å². The summed E-state index contributed by atoms with van der Waals surface area (Å²) >= 11 is 0. The molecule has 1 aromatic heterocycles. The molecule has 25 heavy (non-hydrogen) atoms. The first-order chi connectivity index (χ1) is 11.7. The molecule has 134 valence electrons. The second-order valence-corrected chi connectivity index (χ2v) is 6.88. The van der Waals surface area contributed by atoms with Crippen LogP contribution in [0.1, 0.15) is 58.2 Å². The second-order valence-electron chi connectivity index (χ2n) is 6.88. The Bertz CT molecular complexity index is 740. The van der Waals surface area contributed by atoms with Crippen molar-refractivity contribution in [2.24, 2.45) is 0 Å². The van der Waals surface area contributed by atoms with E-state index in [-0.39, 0.29) is 24.4 Å². The number of aromatic nitrogens is 2. The van der Waals surface area contributed by atoms with Crippen LogP contribution in [0.25, 0.3) is 0 Å². The predicted octanol–water partition coefficient (Wildman–Crippen LogP) is 3.15. The van der Waals surface area contributed by atoms with Crippen molar-refractivity contribution in [2.75, 3.05) is 13.1 Å². The number of piperidine rings is 1. The third-order valence-electron chi connectivity index (χ3n) is 5.23. The van der Waals surface area contributed by atoms with E-state index in [1.54, 1.807) is 0 Å². The zero-order valence-electron chi connectivity index (χ0n) is 14.5. The number of hydrogen-bond acceptors (Lipinski definition) is 3. The number of H-pyrrole nitrogens is 1. The highest BCUT2D eigenvalue weighted by Gasteiger charge is 2.32. The van der Waals surface area contributed by atoms with Crippen molar-refractivity contribution >= 4 is 18.3 Å². The van der Waals surface area contributed by atoms with Crippen LogP contribution in [-0.4, -0.2) is 34.1 Å². The highest BCUT2D eigenvalue weighted by Crippen LogP contribution is 2.32. The molecule has 1 unspecified atom stereocenters. The van der Waals surface area contributed by atoms with Gasteiger partial charge in [-0.2, -0.15) is 5.10 Å². The monoisotopic (exact) mass is 360 g/mol. The lowest BCUT2D eigenvalue weighted by Gasteiger charge is -2.36. The summed E-state index contributed by atoms with van der Waals surface area (Å²) in [6, 6.07) is 8.75. The van der Waals surface area contributed by atoms with Crippen LogP contribution < -0.4 is 5.32 Å². The molecule has 0 saturated carbocycles. The van der Waals surface area contributed by atoms with Crippen LogP contribution in [0.4, 0.5) is 0 Å². The maximum atomic E-state index is 13.2. The van der Waals surface area contributed by atoms with Gasteiger partial charge in [0.15, 0.2) is 5.69 Å². The standard InChI is InChI=1S/C19H24N4O.ClH/c1-13-5-7-14(8-6-13)17-4-2-3-11-23(17)19(24)18-15-12-20-10-9-16(15)21-22-18;/h5-8,17,20H,2-4,9-12H2,1H3,(H,21,22);1H. The number of likely N-dealkylation sites (tertiary alicyclic amines) is 1. The molecule has 0 bridgehead atoms. The number of aromatic amines is 1. The summed E-state index contributed by atoms with van der Waals surface area (Å²) in [5.41, 5.74) is 5.26. The fourth-order valence-corrected chi connectivity index (χ4v) is 3.85. The van der Waals surface area contributed by atoms with Gasteiger partial charge in [-0.1, -0.05) is 29.8 Å². The number of carbonyl (C=O) groups is 1. The number of hydrogen-bond donors (Lipinski definition) is 2. The van der Waals surface area contributed by atoms with Crippen molar-refractivity contribution < 1.29 is 4.79 Å². The SMILES string of the molecule is Cc1ccc(C2CCCCN2C(=O)c2n[nH]c3c2CNCC3)cc1.Cl. The molecule has 0 spiro atoms. The third kappa shape index (κ3) is 3.44. The Morgan fingerprint density at radius 2 is 2.04 bits per heavy atom. The maximum Gasteiger partial charge on any atom is 0.275 e. The van der Waals surface area contributed by atoms with Gasteiger partial charge in [0, 0.05) is 37.3 Å². The van der Waals surface area contributed by atoms with Crippen LogP contribution >= 0.6 is 12.4 Å². The highest BCUT2D eigenvalue weighted by atomic mass is 35.5.